The van der Waals surface area contributed by atoms with Gasteiger partial charge in [-0.1, -0.05) is 18.5 Å². The third-order valence-electron chi connectivity index (χ3n) is 2.74. The Balaban J connectivity index is 2.96. The minimum absolute atomic E-state index is 0.0123. The number of hydrogen-bond donors (Lipinski definition) is 0. The van der Waals surface area contributed by atoms with Crippen LogP contribution < -0.4 is 0 Å². The van der Waals surface area contributed by atoms with Crippen molar-refractivity contribution in [2.75, 3.05) is 7.05 Å². The maximum absolute atomic E-state index is 12.1. The number of carbonyl (C=O) groups excluding carboxylic acids is 1. The summed E-state index contributed by atoms with van der Waals surface area (Å²) in [6.07, 6.45) is 0.931. The van der Waals surface area contributed by atoms with Crippen molar-refractivity contribution in [2.24, 2.45) is 0 Å². The number of rotatable bonds is 3. The molecule has 0 fully saturated rings. The standard InChI is InChI=1S/C12H17ClN2O/c1-5-9(3)15(4)12(16)10-6-8(2)14-11(13)7-10/h6-7,9H,5H2,1-4H3. The number of nitrogens with zero attached hydrogens (tertiary/aromatic N) is 2. The van der Waals surface area contributed by atoms with Gasteiger partial charge in [0.05, 0.1) is 0 Å². The van der Waals surface area contributed by atoms with Crippen LogP contribution in [0, 0.1) is 6.92 Å². The predicted octanol–water partition coefficient (Wildman–Crippen LogP) is 2.91. The molecule has 4 heteroatoms. The maximum Gasteiger partial charge on any atom is 0.254 e. The van der Waals surface area contributed by atoms with E-state index in [9.17, 15) is 4.79 Å². The van der Waals surface area contributed by atoms with E-state index in [1.807, 2.05) is 13.8 Å². The second-order valence-corrected chi connectivity index (χ2v) is 4.38. The van der Waals surface area contributed by atoms with Crippen molar-refractivity contribution in [1.82, 2.24) is 9.88 Å². The molecule has 0 aliphatic rings. The summed E-state index contributed by atoms with van der Waals surface area (Å²) in [5.74, 6) is -0.0123. The van der Waals surface area contributed by atoms with Gasteiger partial charge in [0, 0.05) is 24.3 Å². The average Bonchev–Trinajstić information content (AvgIpc) is 2.24. The fraction of sp³-hybridized carbons (Fsp3) is 0.500. The zero-order valence-electron chi connectivity index (χ0n) is 10.1. The van der Waals surface area contributed by atoms with Gasteiger partial charge in [0.15, 0.2) is 0 Å². The third-order valence-corrected chi connectivity index (χ3v) is 2.94. The molecule has 0 bridgehead atoms. The molecule has 3 nitrogen and oxygen atoms in total. The van der Waals surface area contributed by atoms with Gasteiger partial charge in [-0.3, -0.25) is 4.79 Å². The molecule has 1 atom stereocenters. The second-order valence-electron chi connectivity index (χ2n) is 3.99. The molecule has 1 rings (SSSR count). The average molecular weight is 241 g/mol. The van der Waals surface area contributed by atoms with E-state index in [2.05, 4.69) is 11.9 Å². The van der Waals surface area contributed by atoms with Crippen molar-refractivity contribution in [3.05, 3.63) is 28.5 Å². The van der Waals surface area contributed by atoms with Crippen LogP contribution in [0.5, 0.6) is 0 Å². The van der Waals surface area contributed by atoms with Crippen LogP contribution in [0.25, 0.3) is 0 Å². The summed E-state index contributed by atoms with van der Waals surface area (Å²) in [6.45, 7) is 5.90. The first-order valence-electron chi connectivity index (χ1n) is 5.37. The van der Waals surface area contributed by atoms with Crippen molar-refractivity contribution >= 4 is 17.5 Å². The van der Waals surface area contributed by atoms with E-state index in [1.165, 1.54) is 0 Å². The lowest BCUT2D eigenvalue weighted by atomic mass is 10.1. The number of pyridine rings is 1. The molecule has 1 amide bonds. The Kier molecular flexibility index (Phi) is 4.30. The highest BCUT2D eigenvalue weighted by Gasteiger charge is 2.16. The van der Waals surface area contributed by atoms with E-state index in [-0.39, 0.29) is 11.9 Å². The topological polar surface area (TPSA) is 33.2 Å². The lowest BCUT2D eigenvalue weighted by Crippen LogP contribution is -2.34. The molecule has 0 radical (unpaired) electrons. The Labute approximate surface area is 101 Å². The number of carbonyl (C=O) groups is 1. The third kappa shape index (κ3) is 2.95. The first-order chi connectivity index (χ1) is 7.45. The number of amides is 1. The van der Waals surface area contributed by atoms with Crippen LogP contribution in [0.15, 0.2) is 12.1 Å². The Bertz CT molecular complexity index is 372. The van der Waals surface area contributed by atoms with Gasteiger partial charge in [-0.15, -0.1) is 0 Å². The molecule has 1 aromatic rings. The summed E-state index contributed by atoms with van der Waals surface area (Å²) < 4.78 is 0. The summed E-state index contributed by atoms with van der Waals surface area (Å²) in [5, 5.41) is 0.362. The molecule has 1 aromatic heterocycles. The normalized spacial score (nSPS) is 12.3. The van der Waals surface area contributed by atoms with E-state index in [0.717, 1.165) is 12.1 Å². The predicted molar refractivity (Wildman–Crippen MR) is 65.8 cm³/mol. The van der Waals surface area contributed by atoms with E-state index in [0.29, 0.717) is 10.7 Å². The van der Waals surface area contributed by atoms with Gasteiger partial charge in [0.25, 0.3) is 5.91 Å². The van der Waals surface area contributed by atoms with Gasteiger partial charge in [-0.2, -0.15) is 0 Å². The summed E-state index contributed by atoms with van der Waals surface area (Å²) in [4.78, 5) is 17.9. The van der Waals surface area contributed by atoms with E-state index in [1.54, 1.807) is 24.1 Å². The van der Waals surface area contributed by atoms with Gasteiger partial charge in [0.2, 0.25) is 0 Å². The first kappa shape index (κ1) is 13.0. The van der Waals surface area contributed by atoms with Gasteiger partial charge < -0.3 is 4.90 Å². The molecule has 0 aromatic carbocycles. The van der Waals surface area contributed by atoms with Crippen LogP contribution in [0.1, 0.15) is 36.3 Å². The lowest BCUT2D eigenvalue weighted by Gasteiger charge is -2.24. The van der Waals surface area contributed by atoms with E-state index < -0.39 is 0 Å². The molecule has 0 N–H and O–H groups in total. The SMILES string of the molecule is CCC(C)N(C)C(=O)c1cc(C)nc(Cl)c1. The summed E-state index contributed by atoms with van der Waals surface area (Å²) in [6, 6.07) is 3.59. The van der Waals surface area contributed by atoms with Crippen molar-refractivity contribution < 1.29 is 4.79 Å². The number of hydrogen-bond acceptors (Lipinski definition) is 2. The Morgan fingerprint density at radius 1 is 1.56 bits per heavy atom. The van der Waals surface area contributed by atoms with Crippen molar-refractivity contribution in [3.63, 3.8) is 0 Å². The van der Waals surface area contributed by atoms with E-state index >= 15 is 0 Å². The Morgan fingerprint density at radius 3 is 2.69 bits per heavy atom. The summed E-state index contributed by atoms with van der Waals surface area (Å²) in [7, 11) is 1.81. The highest BCUT2D eigenvalue weighted by molar-refractivity contribution is 6.29. The zero-order valence-corrected chi connectivity index (χ0v) is 10.9. The second kappa shape index (κ2) is 5.30. The maximum atomic E-state index is 12.1. The van der Waals surface area contributed by atoms with Crippen LogP contribution in [-0.2, 0) is 0 Å². The molecule has 1 unspecified atom stereocenters. The number of aromatic nitrogens is 1. The molecule has 1 heterocycles. The summed E-state index contributed by atoms with van der Waals surface area (Å²) in [5.41, 5.74) is 1.36. The van der Waals surface area contributed by atoms with Crippen LogP contribution in [-0.4, -0.2) is 28.9 Å². The molecular formula is C12H17ClN2O. The van der Waals surface area contributed by atoms with Crippen molar-refractivity contribution in [1.29, 1.82) is 0 Å². The fourth-order valence-corrected chi connectivity index (χ4v) is 1.68. The quantitative estimate of drug-likeness (QED) is 0.762. The van der Waals surface area contributed by atoms with Crippen LogP contribution in [0.4, 0.5) is 0 Å². The minimum Gasteiger partial charge on any atom is -0.339 e. The molecule has 0 saturated heterocycles. The van der Waals surface area contributed by atoms with Gasteiger partial charge in [-0.25, -0.2) is 4.98 Å². The number of halogens is 1. The summed E-state index contributed by atoms with van der Waals surface area (Å²) >= 11 is 5.83. The van der Waals surface area contributed by atoms with Gasteiger partial charge in [0.1, 0.15) is 5.15 Å². The van der Waals surface area contributed by atoms with Gasteiger partial charge >= 0.3 is 0 Å². The molecule has 0 aliphatic carbocycles. The Hall–Kier alpha value is -1.09. The largest absolute Gasteiger partial charge is 0.339 e. The highest BCUT2D eigenvalue weighted by atomic mass is 35.5. The smallest absolute Gasteiger partial charge is 0.254 e. The number of aryl methyl sites for hydroxylation is 1. The molecule has 88 valence electrons. The van der Waals surface area contributed by atoms with Crippen LogP contribution in [0.3, 0.4) is 0 Å². The molecule has 0 saturated carbocycles. The van der Waals surface area contributed by atoms with Crippen LogP contribution >= 0.6 is 11.6 Å². The Morgan fingerprint density at radius 2 is 2.19 bits per heavy atom. The molecule has 0 spiro atoms. The molecular weight excluding hydrogens is 224 g/mol. The van der Waals surface area contributed by atoms with E-state index in [4.69, 9.17) is 11.6 Å². The zero-order chi connectivity index (χ0) is 12.3. The van der Waals surface area contributed by atoms with Crippen molar-refractivity contribution in [3.8, 4) is 0 Å². The first-order valence-corrected chi connectivity index (χ1v) is 5.74. The van der Waals surface area contributed by atoms with Gasteiger partial charge in [-0.05, 0) is 32.4 Å². The van der Waals surface area contributed by atoms with Crippen LogP contribution in [0.2, 0.25) is 5.15 Å². The van der Waals surface area contributed by atoms with Crippen molar-refractivity contribution in [2.45, 2.75) is 33.2 Å². The lowest BCUT2D eigenvalue weighted by molar-refractivity contribution is 0.0740. The minimum atomic E-state index is -0.0123. The monoisotopic (exact) mass is 240 g/mol. The molecule has 0 aliphatic heterocycles. The molecule has 16 heavy (non-hydrogen) atoms. The fourth-order valence-electron chi connectivity index (χ4n) is 1.43. The highest BCUT2D eigenvalue weighted by Crippen LogP contribution is 2.14.